The molecule has 1 aliphatic heterocycles. The summed E-state index contributed by atoms with van der Waals surface area (Å²) in [5.74, 6) is 0.575. The summed E-state index contributed by atoms with van der Waals surface area (Å²) < 4.78 is 24.7. The molecule has 0 unspecified atom stereocenters. The summed E-state index contributed by atoms with van der Waals surface area (Å²) >= 11 is 2.15. The third-order valence-electron chi connectivity index (χ3n) is 4.98. The number of nitrogens with zero attached hydrogens (tertiary/aromatic N) is 1. The van der Waals surface area contributed by atoms with Crippen molar-refractivity contribution in [3.63, 3.8) is 0 Å². The first kappa shape index (κ1) is 20.9. The SMILES string of the molecule is COc1cc([123I])cc(C(=O)NC[C@H]2CCCN2Cc2ccc(F)cc2)c1OC. The lowest BCUT2D eigenvalue weighted by atomic mass is 10.1. The van der Waals surface area contributed by atoms with Gasteiger partial charge in [0.25, 0.3) is 5.91 Å². The van der Waals surface area contributed by atoms with E-state index in [1.165, 1.54) is 19.2 Å². The molecule has 5 nitrogen and oxygen atoms in total. The van der Waals surface area contributed by atoms with E-state index in [1.54, 1.807) is 13.2 Å². The lowest BCUT2D eigenvalue weighted by molar-refractivity contribution is 0.0936. The van der Waals surface area contributed by atoms with Gasteiger partial charge in [0.15, 0.2) is 11.5 Å². The first-order valence-corrected chi connectivity index (χ1v) is 10.3. The second kappa shape index (κ2) is 9.56. The Morgan fingerprint density at radius 1 is 1.25 bits per heavy atom. The van der Waals surface area contributed by atoms with E-state index in [1.807, 2.05) is 18.2 Å². The number of amides is 1. The smallest absolute Gasteiger partial charge is 0.255 e. The highest BCUT2D eigenvalue weighted by atomic mass is 123. The van der Waals surface area contributed by atoms with Crippen LogP contribution >= 0.6 is 22.6 Å². The van der Waals surface area contributed by atoms with Crippen LogP contribution in [0.25, 0.3) is 0 Å². The molecule has 1 fully saturated rings. The van der Waals surface area contributed by atoms with E-state index in [4.69, 9.17) is 9.47 Å². The molecule has 1 aliphatic rings. The molecule has 1 atom stereocenters. The minimum atomic E-state index is -0.226. The van der Waals surface area contributed by atoms with Gasteiger partial charge in [-0.1, -0.05) is 12.1 Å². The number of rotatable bonds is 7. The maximum absolute atomic E-state index is 13.1. The third-order valence-corrected chi connectivity index (χ3v) is 5.61. The second-order valence-corrected chi connectivity index (χ2v) is 8.04. The number of hydrogen-bond acceptors (Lipinski definition) is 4. The molecule has 0 saturated carbocycles. The van der Waals surface area contributed by atoms with Gasteiger partial charge in [0, 0.05) is 22.7 Å². The lowest BCUT2D eigenvalue weighted by Crippen LogP contribution is -2.40. The number of carbonyl (C=O) groups is 1. The maximum atomic E-state index is 13.1. The first-order valence-electron chi connectivity index (χ1n) is 9.20. The van der Waals surface area contributed by atoms with E-state index in [0.717, 1.165) is 35.1 Å². The van der Waals surface area contributed by atoms with Crippen molar-refractivity contribution in [3.8, 4) is 11.5 Å². The van der Waals surface area contributed by atoms with Crippen LogP contribution in [0.3, 0.4) is 0 Å². The monoisotopic (exact) mass is 494 g/mol. The van der Waals surface area contributed by atoms with Crippen LogP contribution in [0, 0.1) is 9.39 Å². The molecule has 0 bridgehead atoms. The molecule has 2 aromatic carbocycles. The summed E-state index contributed by atoms with van der Waals surface area (Å²) in [4.78, 5) is 15.1. The fraction of sp³-hybridized carbons (Fsp3) is 0.381. The molecular formula is C21H24FIN2O3. The Bertz CT molecular complexity index is 829. The van der Waals surface area contributed by atoms with E-state index in [0.29, 0.717) is 23.6 Å². The van der Waals surface area contributed by atoms with Gasteiger partial charge in [0.1, 0.15) is 5.82 Å². The van der Waals surface area contributed by atoms with Gasteiger partial charge in [0.05, 0.1) is 19.8 Å². The molecule has 1 saturated heterocycles. The maximum Gasteiger partial charge on any atom is 0.255 e. The zero-order valence-electron chi connectivity index (χ0n) is 16.0. The minimum absolute atomic E-state index is 0.178. The van der Waals surface area contributed by atoms with E-state index < -0.39 is 0 Å². The molecule has 0 aromatic heterocycles. The van der Waals surface area contributed by atoms with Gasteiger partial charge in [-0.25, -0.2) is 4.39 Å². The minimum Gasteiger partial charge on any atom is -0.493 e. The number of nitrogens with one attached hydrogen (secondary N) is 1. The zero-order chi connectivity index (χ0) is 20.1. The Hall–Kier alpha value is -1.87. The average Bonchev–Trinajstić information content (AvgIpc) is 3.14. The van der Waals surface area contributed by atoms with Crippen molar-refractivity contribution in [1.82, 2.24) is 10.2 Å². The van der Waals surface area contributed by atoms with Gasteiger partial charge in [-0.15, -0.1) is 0 Å². The van der Waals surface area contributed by atoms with Crippen molar-refractivity contribution in [2.75, 3.05) is 27.3 Å². The number of benzene rings is 2. The van der Waals surface area contributed by atoms with Crippen LogP contribution in [0.5, 0.6) is 11.5 Å². The normalized spacial score (nSPS) is 16.8. The summed E-state index contributed by atoms with van der Waals surface area (Å²) in [7, 11) is 3.09. The van der Waals surface area contributed by atoms with Crippen molar-refractivity contribution in [1.29, 1.82) is 0 Å². The number of ether oxygens (including phenoxy) is 2. The molecule has 1 heterocycles. The van der Waals surface area contributed by atoms with Gasteiger partial charge in [-0.2, -0.15) is 0 Å². The largest absolute Gasteiger partial charge is 0.493 e. The Morgan fingerprint density at radius 2 is 2.00 bits per heavy atom. The van der Waals surface area contributed by atoms with Crippen LogP contribution in [0.2, 0.25) is 0 Å². The molecule has 2 aromatic rings. The van der Waals surface area contributed by atoms with Gasteiger partial charge < -0.3 is 14.8 Å². The van der Waals surface area contributed by atoms with E-state index in [9.17, 15) is 9.18 Å². The lowest BCUT2D eigenvalue weighted by Gasteiger charge is -2.25. The highest BCUT2D eigenvalue weighted by Crippen LogP contribution is 2.33. The number of methoxy groups -OCH3 is 2. The molecule has 0 spiro atoms. The van der Waals surface area contributed by atoms with Crippen molar-refractivity contribution in [2.24, 2.45) is 0 Å². The first-order chi connectivity index (χ1) is 13.5. The molecule has 3 rings (SSSR count). The second-order valence-electron chi connectivity index (χ2n) is 6.79. The predicted octanol–water partition coefficient (Wildman–Crippen LogP) is 3.84. The van der Waals surface area contributed by atoms with Crippen LogP contribution in [0.1, 0.15) is 28.8 Å². The summed E-state index contributed by atoms with van der Waals surface area (Å²) in [5.41, 5.74) is 1.54. The van der Waals surface area contributed by atoms with E-state index in [-0.39, 0.29) is 17.8 Å². The Balaban J connectivity index is 1.65. The molecule has 7 heteroatoms. The van der Waals surface area contributed by atoms with Gasteiger partial charge in [-0.3, -0.25) is 9.69 Å². The van der Waals surface area contributed by atoms with Crippen LogP contribution in [0.4, 0.5) is 4.39 Å². The van der Waals surface area contributed by atoms with E-state index >= 15 is 0 Å². The van der Waals surface area contributed by atoms with Crippen LogP contribution < -0.4 is 14.8 Å². The number of halogens is 2. The highest BCUT2D eigenvalue weighted by molar-refractivity contribution is 14.1. The molecule has 28 heavy (non-hydrogen) atoms. The Morgan fingerprint density at radius 3 is 2.68 bits per heavy atom. The number of carbonyl (C=O) groups excluding carboxylic acids is 1. The highest BCUT2D eigenvalue weighted by Gasteiger charge is 2.26. The Labute approximate surface area is 178 Å². The third kappa shape index (κ3) is 4.94. The molecule has 1 amide bonds. The summed E-state index contributed by atoms with van der Waals surface area (Å²) in [6.07, 6.45) is 2.11. The Kier molecular flexibility index (Phi) is 7.12. The topological polar surface area (TPSA) is 50.8 Å². The standard InChI is InChI=1S/C21H24FIN2O3/c1-27-19-11-16(23)10-18(20(19)28-2)21(26)24-12-17-4-3-9-25(17)13-14-5-7-15(22)8-6-14/h5-8,10-11,17H,3-4,9,12-13H2,1-2H3,(H,24,26)/t17-/m1/s1/i23-4. The van der Waals surface area contributed by atoms with E-state index in [2.05, 4.69) is 32.8 Å². The van der Waals surface area contributed by atoms with Gasteiger partial charge in [0.2, 0.25) is 0 Å². The quantitative estimate of drug-likeness (QED) is 0.595. The van der Waals surface area contributed by atoms with Crippen molar-refractivity contribution in [2.45, 2.75) is 25.4 Å². The van der Waals surface area contributed by atoms with Crippen LogP contribution in [0.15, 0.2) is 36.4 Å². The summed E-state index contributed by atoms with van der Waals surface area (Å²) in [6.45, 7) is 2.27. The average molecular weight is 494 g/mol. The van der Waals surface area contributed by atoms with Crippen LogP contribution in [-0.2, 0) is 6.54 Å². The predicted molar refractivity (Wildman–Crippen MR) is 114 cm³/mol. The van der Waals surface area contributed by atoms with Crippen molar-refractivity contribution < 1.29 is 18.7 Å². The fourth-order valence-corrected chi connectivity index (χ4v) is 4.16. The van der Waals surface area contributed by atoms with Crippen molar-refractivity contribution >= 4 is 28.5 Å². The number of likely N-dealkylation sites (tertiary alicyclic amines) is 1. The zero-order valence-corrected chi connectivity index (χ0v) is 18.2. The van der Waals surface area contributed by atoms with Gasteiger partial charge >= 0.3 is 0 Å². The molecular weight excluding hydrogens is 470 g/mol. The van der Waals surface area contributed by atoms with Crippen LogP contribution in [-0.4, -0.2) is 44.2 Å². The van der Waals surface area contributed by atoms with Gasteiger partial charge in [-0.05, 0) is 71.8 Å². The number of hydrogen-bond donors (Lipinski definition) is 1. The summed E-state index contributed by atoms with van der Waals surface area (Å²) in [5, 5.41) is 3.04. The molecule has 0 aliphatic carbocycles. The molecule has 1 N–H and O–H groups in total. The fourth-order valence-electron chi connectivity index (χ4n) is 3.56. The van der Waals surface area contributed by atoms with Crippen molar-refractivity contribution in [3.05, 3.63) is 56.9 Å². The molecule has 150 valence electrons. The summed E-state index contributed by atoms with van der Waals surface area (Å²) in [6, 6.07) is 10.5. The molecule has 0 radical (unpaired) electrons.